The monoisotopic (exact) mass is 316 g/mol. The van der Waals surface area contributed by atoms with E-state index in [2.05, 4.69) is 13.0 Å². The minimum absolute atomic E-state index is 0.172. The van der Waals surface area contributed by atoms with Crippen molar-refractivity contribution in [3.05, 3.63) is 35.4 Å². The molecule has 0 atom stereocenters. The second-order valence-electron chi connectivity index (χ2n) is 5.77. The van der Waals surface area contributed by atoms with Crippen LogP contribution in [0.2, 0.25) is 0 Å². The van der Waals surface area contributed by atoms with Crippen LogP contribution in [0.1, 0.15) is 43.7 Å². The maximum Gasteiger partial charge on any atom is 0.409 e. The highest BCUT2D eigenvalue weighted by Gasteiger charge is 2.24. The summed E-state index contributed by atoms with van der Waals surface area (Å²) < 4.78 is 11.1. The van der Waals surface area contributed by atoms with Crippen LogP contribution in [0.4, 0.5) is 4.79 Å². The molecule has 1 amide bonds. The first-order valence-electron chi connectivity index (χ1n) is 8.25. The number of benzene rings is 1. The fourth-order valence-electron chi connectivity index (χ4n) is 2.49. The molecule has 0 bridgehead atoms. The van der Waals surface area contributed by atoms with Gasteiger partial charge in [0.1, 0.15) is 0 Å². The molecule has 0 aromatic heterocycles. The molecule has 1 aliphatic rings. The van der Waals surface area contributed by atoms with Crippen molar-refractivity contribution >= 4 is 6.09 Å². The molecule has 0 N–H and O–H groups in total. The third-order valence-electron chi connectivity index (χ3n) is 3.99. The van der Waals surface area contributed by atoms with Crippen LogP contribution in [0.15, 0.2) is 24.3 Å². The van der Waals surface area contributed by atoms with Crippen LogP contribution in [0.5, 0.6) is 0 Å². The van der Waals surface area contributed by atoms with Crippen molar-refractivity contribution < 1.29 is 14.3 Å². The number of unbranched alkanes of at least 4 members (excludes halogenated alkanes) is 1. The van der Waals surface area contributed by atoms with Gasteiger partial charge in [0.2, 0.25) is 0 Å². The number of nitriles is 1. The van der Waals surface area contributed by atoms with Gasteiger partial charge in [-0.3, -0.25) is 0 Å². The van der Waals surface area contributed by atoms with E-state index in [0.29, 0.717) is 31.9 Å². The predicted octanol–water partition coefficient (Wildman–Crippen LogP) is 3.48. The lowest BCUT2D eigenvalue weighted by atomic mass is 10.1. The zero-order valence-electron chi connectivity index (χ0n) is 13.7. The smallest absolute Gasteiger partial charge is 0.409 e. The van der Waals surface area contributed by atoms with Crippen LogP contribution in [0, 0.1) is 11.3 Å². The number of carbonyl (C=O) groups excluding carboxylic acids is 1. The van der Waals surface area contributed by atoms with E-state index in [4.69, 9.17) is 14.7 Å². The first-order valence-corrected chi connectivity index (χ1v) is 8.25. The summed E-state index contributed by atoms with van der Waals surface area (Å²) in [6, 6.07) is 9.53. The van der Waals surface area contributed by atoms with E-state index in [9.17, 15) is 4.79 Å². The number of hydrogen-bond donors (Lipinski definition) is 0. The molecule has 5 nitrogen and oxygen atoms in total. The second kappa shape index (κ2) is 9.16. The van der Waals surface area contributed by atoms with Gasteiger partial charge in [-0.1, -0.05) is 25.5 Å². The number of hydrogen-bond acceptors (Lipinski definition) is 4. The Morgan fingerprint density at radius 3 is 2.61 bits per heavy atom. The Hall–Kier alpha value is -2.06. The molecule has 23 heavy (non-hydrogen) atoms. The van der Waals surface area contributed by atoms with E-state index in [1.54, 1.807) is 17.0 Å². The minimum atomic E-state index is -0.205. The Morgan fingerprint density at radius 1 is 1.30 bits per heavy atom. The lowest BCUT2D eigenvalue weighted by Gasteiger charge is -2.31. The van der Waals surface area contributed by atoms with E-state index in [1.807, 2.05) is 12.1 Å². The number of nitrogens with zero attached hydrogens (tertiary/aromatic N) is 2. The summed E-state index contributed by atoms with van der Waals surface area (Å²) in [7, 11) is 0. The third-order valence-corrected chi connectivity index (χ3v) is 3.99. The van der Waals surface area contributed by atoms with Crippen LogP contribution < -0.4 is 0 Å². The number of ether oxygens (including phenoxy) is 2. The first kappa shape index (κ1) is 17.3. The number of likely N-dealkylation sites (tertiary alicyclic amines) is 1. The highest BCUT2D eigenvalue weighted by atomic mass is 16.6. The van der Waals surface area contributed by atoms with Crippen molar-refractivity contribution in [1.82, 2.24) is 4.90 Å². The van der Waals surface area contributed by atoms with Crippen LogP contribution in [0.25, 0.3) is 0 Å². The molecule has 0 spiro atoms. The van der Waals surface area contributed by atoms with Gasteiger partial charge in [-0.05, 0) is 37.0 Å². The Bertz CT molecular complexity index is 528. The Kier molecular flexibility index (Phi) is 6.89. The van der Waals surface area contributed by atoms with Gasteiger partial charge < -0.3 is 14.4 Å². The molecule has 0 saturated carbocycles. The summed E-state index contributed by atoms with van der Waals surface area (Å²) in [5.74, 6) is 0. The molecule has 124 valence electrons. The summed E-state index contributed by atoms with van der Waals surface area (Å²) in [5, 5.41) is 8.78. The maximum atomic E-state index is 11.9. The molecule has 1 aromatic carbocycles. The van der Waals surface area contributed by atoms with Crippen molar-refractivity contribution in [3.63, 3.8) is 0 Å². The molecule has 0 aliphatic carbocycles. The summed E-state index contributed by atoms with van der Waals surface area (Å²) >= 11 is 0. The van der Waals surface area contributed by atoms with Gasteiger partial charge in [-0.2, -0.15) is 5.26 Å². The minimum Gasteiger partial charge on any atom is -0.449 e. The Balaban J connectivity index is 1.68. The molecule has 0 unspecified atom stereocenters. The largest absolute Gasteiger partial charge is 0.449 e. The van der Waals surface area contributed by atoms with Gasteiger partial charge >= 0.3 is 6.09 Å². The maximum absolute atomic E-state index is 11.9. The van der Waals surface area contributed by atoms with Crippen LogP contribution >= 0.6 is 0 Å². The number of piperidine rings is 1. The zero-order chi connectivity index (χ0) is 16.5. The number of rotatable bonds is 6. The summed E-state index contributed by atoms with van der Waals surface area (Å²) in [5.41, 5.74) is 1.72. The van der Waals surface area contributed by atoms with Gasteiger partial charge in [-0.25, -0.2) is 4.79 Å². The average Bonchev–Trinajstić information content (AvgIpc) is 2.61. The molecule has 2 rings (SSSR count). The topological polar surface area (TPSA) is 62.6 Å². The average molecular weight is 316 g/mol. The van der Waals surface area contributed by atoms with Gasteiger partial charge in [-0.15, -0.1) is 0 Å². The highest BCUT2D eigenvalue weighted by molar-refractivity contribution is 5.67. The molecular formula is C18H24N2O3. The van der Waals surface area contributed by atoms with Gasteiger partial charge in [0.15, 0.2) is 0 Å². The summed E-state index contributed by atoms with van der Waals surface area (Å²) in [6.07, 6.45) is 3.57. The van der Waals surface area contributed by atoms with Crippen LogP contribution in [-0.4, -0.2) is 36.8 Å². The predicted molar refractivity (Wildman–Crippen MR) is 86.8 cm³/mol. The van der Waals surface area contributed by atoms with E-state index in [-0.39, 0.29) is 12.2 Å². The van der Waals surface area contributed by atoms with Crippen molar-refractivity contribution in [3.8, 4) is 6.07 Å². The fourth-order valence-corrected chi connectivity index (χ4v) is 2.49. The molecule has 1 aromatic rings. The van der Waals surface area contributed by atoms with E-state index >= 15 is 0 Å². The van der Waals surface area contributed by atoms with Crippen molar-refractivity contribution in [2.75, 3.05) is 19.7 Å². The van der Waals surface area contributed by atoms with Gasteiger partial charge in [0.05, 0.1) is 31.0 Å². The molecule has 1 aliphatic heterocycles. The quantitative estimate of drug-likeness (QED) is 0.754. The Morgan fingerprint density at radius 2 is 2.00 bits per heavy atom. The molecule has 1 heterocycles. The molecule has 0 radical (unpaired) electrons. The third kappa shape index (κ3) is 5.57. The fraction of sp³-hybridized carbons (Fsp3) is 0.556. The molecule has 1 fully saturated rings. The zero-order valence-corrected chi connectivity index (χ0v) is 13.7. The summed E-state index contributed by atoms with van der Waals surface area (Å²) in [4.78, 5) is 13.6. The molecular weight excluding hydrogens is 292 g/mol. The normalized spacial score (nSPS) is 15.2. The van der Waals surface area contributed by atoms with Gasteiger partial charge in [0, 0.05) is 13.1 Å². The first-order chi connectivity index (χ1) is 11.2. The summed E-state index contributed by atoms with van der Waals surface area (Å²) in [6.45, 7) is 4.48. The van der Waals surface area contributed by atoms with E-state index < -0.39 is 0 Å². The number of carbonyl (C=O) groups is 1. The van der Waals surface area contributed by atoms with Crippen molar-refractivity contribution in [2.24, 2.45) is 0 Å². The van der Waals surface area contributed by atoms with E-state index in [1.165, 1.54) is 0 Å². The molecule has 5 heteroatoms. The lowest BCUT2D eigenvalue weighted by Crippen LogP contribution is -2.41. The standard InChI is InChI=1S/C18H24N2O3/c1-2-3-12-22-18(21)20-10-8-17(9-11-20)23-14-16-6-4-15(13-19)5-7-16/h4-7,17H,2-3,8-12,14H2,1H3. The van der Waals surface area contributed by atoms with Crippen molar-refractivity contribution in [2.45, 2.75) is 45.3 Å². The molecule has 1 saturated heterocycles. The highest BCUT2D eigenvalue weighted by Crippen LogP contribution is 2.16. The SMILES string of the molecule is CCCCOC(=O)N1CCC(OCc2ccc(C#N)cc2)CC1. The lowest BCUT2D eigenvalue weighted by molar-refractivity contribution is -0.00329. The van der Waals surface area contributed by atoms with Crippen LogP contribution in [-0.2, 0) is 16.1 Å². The van der Waals surface area contributed by atoms with Crippen LogP contribution in [0.3, 0.4) is 0 Å². The van der Waals surface area contributed by atoms with Gasteiger partial charge in [0.25, 0.3) is 0 Å². The van der Waals surface area contributed by atoms with Crippen molar-refractivity contribution in [1.29, 1.82) is 5.26 Å². The second-order valence-corrected chi connectivity index (χ2v) is 5.77. The number of amides is 1. The van der Waals surface area contributed by atoms with E-state index in [0.717, 1.165) is 31.2 Å². The Labute approximate surface area is 137 Å².